The average Bonchev–Trinajstić information content (AvgIpc) is 3.20. The fourth-order valence-electron chi connectivity index (χ4n) is 3.49. The molecule has 0 atom stereocenters. The van der Waals surface area contributed by atoms with Crippen molar-refractivity contribution in [1.29, 1.82) is 0 Å². The van der Waals surface area contributed by atoms with Crippen LogP contribution in [0.1, 0.15) is 22.5 Å². The van der Waals surface area contributed by atoms with Crippen molar-refractivity contribution in [3.63, 3.8) is 0 Å². The van der Waals surface area contributed by atoms with Crippen molar-refractivity contribution in [3.8, 4) is 0 Å². The zero-order chi connectivity index (χ0) is 18.0. The van der Waals surface area contributed by atoms with Gasteiger partial charge < -0.3 is 9.64 Å². The third-order valence-electron chi connectivity index (χ3n) is 4.96. The molecule has 1 aromatic carbocycles. The number of nitrogens with zero attached hydrogens (tertiary/aromatic N) is 3. The summed E-state index contributed by atoms with van der Waals surface area (Å²) in [7, 11) is -2.27. The number of amides is 1. The lowest BCUT2D eigenvalue weighted by Crippen LogP contribution is -2.56. The Hall–Kier alpha value is -1.77. The van der Waals surface area contributed by atoms with Crippen LogP contribution >= 0.6 is 11.3 Å². The van der Waals surface area contributed by atoms with E-state index in [1.165, 1.54) is 11.3 Å². The number of aromatic nitrogens is 1. The molecule has 0 saturated carbocycles. The Labute approximate surface area is 157 Å². The lowest BCUT2D eigenvalue weighted by atomic mass is 9.94. The van der Waals surface area contributed by atoms with Gasteiger partial charge in [0.15, 0.2) is 0 Å². The van der Waals surface area contributed by atoms with Crippen LogP contribution in [0.5, 0.6) is 0 Å². The van der Waals surface area contributed by atoms with Gasteiger partial charge in [0.25, 0.3) is 5.91 Å². The van der Waals surface area contributed by atoms with Crippen LogP contribution in [-0.2, 0) is 14.5 Å². The van der Waals surface area contributed by atoms with Crippen molar-refractivity contribution in [3.05, 3.63) is 46.9 Å². The topological polar surface area (TPSA) is 71.9 Å². The Bertz CT molecular complexity index is 876. The summed E-state index contributed by atoms with van der Waals surface area (Å²) in [6.07, 6.45) is 2.94. The van der Waals surface area contributed by atoms with Crippen molar-refractivity contribution in [1.82, 2.24) is 9.88 Å². The van der Waals surface area contributed by atoms with Gasteiger partial charge in [-0.1, -0.05) is 18.2 Å². The summed E-state index contributed by atoms with van der Waals surface area (Å²) in [4.78, 5) is 19.1. The molecule has 0 unspecified atom stereocenters. The molecule has 6 nitrogen and oxygen atoms in total. The number of morpholine rings is 1. The first-order valence-electron chi connectivity index (χ1n) is 8.67. The van der Waals surface area contributed by atoms with E-state index in [9.17, 15) is 9.00 Å². The highest BCUT2D eigenvalue weighted by Crippen LogP contribution is 2.33. The number of rotatable bonds is 2. The van der Waals surface area contributed by atoms with Crippen LogP contribution in [0.2, 0.25) is 0 Å². The molecule has 1 amide bonds. The van der Waals surface area contributed by atoms with Gasteiger partial charge >= 0.3 is 0 Å². The molecule has 2 aliphatic heterocycles. The summed E-state index contributed by atoms with van der Waals surface area (Å²) in [5.74, 6) is 1.02. The first-order valence-corrected chi connectivity index (χ1v) is 11.4. The lowest BCUT2D eigenvalue weighted by molar-refractivity contribution is -0.104. The van der Waals surface area contributed by atoms with E-state index in [1.807, 2.05) is 35.2 Å². The Morgan fingerprint density at radius 1 is 1.27 bits per heavy atom. The minimum Gasteiger partial charge on any atom is -0.371 e. The smallest absolute Gasteiger partial charge is 0.265 e. The molecule has 2 aliphatic rings. The van der Waals surface area contributed by atoms with Crippen LogP contribution in [0.25, 0.3) is 0 Å². The van der Waals surface area contributed by atoms with Gasteiger partial charge in [-0.05, 0) is 25.0 Å². The molecular formula is C18H21N3O3S2. The second-order valence-corrected chi connectivity index (χ2v) is 10.2. The number of hydrogen-bond donors (Lipinski definition) is 0. The zero-order valence-corrected chi connectivity index (χ0v) is 16.0. The van der Waals surface area contributed by atoms with Gasteiger partial charge in [0.2, 0.25) is 0 Å². The normalized spacial score (nSPS) is 28.8. The van der Waals surface area contributed by atoms with Gasteiger partial charge in [-0.25, -0.2) is 4.21 Å². The molecule has 0 bridgehead atoms. The third kappa shape index (κ3) is 3.67. The first kappa shape index (κ1) is 17.6. The molecule has 1 aromatic heterocycles. The van der Waals surface area contributed by atoms with Gasteiger partial charge in [0.05, 0.1) is 45.9 Å². The van der Waals surface area contributed by atoms with Crippen molar-refractivity contribution in [2.75, 3.05) is 31.2 Å². The number of thiazole rings is 1. The molecule has 26 heavy (non-hydrogen) atoms. The Kier molecular flexibility index (Phi) is 4.81. The predicted molar refractivity (Wildman–Crippen MR) is 102 cm³/mol. The van der Waals surface area contributed by atoms with Gasteiger partial charge in [-0.15, -0.1) is 11.3 Å². The minimum atomic E-state index is -2.27. The average molecular weight is 392 g/mol. The molecule has 4 rings (SSSR count). The summed E-state index contributed by atoms with van der Waals surface area (Å²) >= 11 is 1.36. The first-order chi connectivity index (χ1) is 12.6. The van der Waals surface area contributed by atoms with E-state index < -0.39 is 15.3 Å². The van der Waals surface area contributed by atoms with Gasteiger partial charge in [0, 0.05) is 18.1 Å². The molecule has 2 saturated heterocycles. The summed E-state index contributed by atoms with van der Waals surface area (Å²) < 4.78 is 23.7. The third-order valence-corrected chi connectivity index (χ3v) is 7.95. The second-order valence-electron chi connectivity index (χ2n) is 6.73. The Balaban J connectivity index is 1.47. The number of carbonyl (C=O) groups is 1. The quantitative estimate of drug-likeness (QED) is 0.789. The van der Waals surface area contributed by atoms with Crippen molar-refractivity contribution in [2.24, 2.45) is 4.36 Å². The van der Waals surface area contributed by atoms with E-state index in [4.69, 9.17) is 4.74 Å². The summed E-state index contributed by atoms with van der Waals surface area (Å²) in [6.45, 7) is 1.65. The number of ether oxygens (including phenoxy) is 1. The van der Waals surface area contributed by atoms with Crippen LogP contribution in [0.15, 0.2) is 46.4 Å². The van der Waals surface area contributed by atoms with Crippen LogP contribution in [0.4, 0.5) is 5.69 Å². The SMILES string of the molecule is O=C(c1cncs1)N1CCOC2(CCS(=O)(=Nc3ccccc3)CC2)C1. The summed E-state index contributed by atoms with van der Waals surface area (Å²) in [6, 6.07) is 9.48. The second kappa shape index (κ2) is 7.09. The van der Waals surface area contributed by atoms with Gasteiger partial charge in [0.1, 0.15) is 4.88 Å². The van der Waals surface area contributed by atoms with E-state index in [-0.39, 0.29) is 5.91 Å². The highest BCUT2D eigenvalue weighted by molar-refractivity contribution is 7.93. The highest BCUT2D eigenvalue weighted by Gasteiger charge is 2.42. The number of carbonyl (C=O) groups excluding carboxylic acids is 1. The van der Waals surface area contributed by atoms with Crippen molar-refractivity contribution < 1.29 is 13.7 Å². The maximum absolute atomic E-state index is 13.1. The standard InChI is InChI=1S/C18H21N3O3S2/c22-17(16-12-19-14-25-16)21-8-9-24-18(13-21)6-10-26(23,11-7-18)20-15-4-2-1-3-5-15/h1-5,12,14H,6-11,13H2. The Morgan fingerprint density at radius 3 is 2.73 bits per heavy atom. The highest BCUT2D eigenvalue weighted by atomic mass is 32.2. The molecule has 8 heteroatoms. The lowest BCUT2D eigenvalue weighted by Gasteiger charge is -2.45. The largest absolute Gasteiger partial charge is 0.371 e. The van der Waals surface area contributed by atoms with E-state index >= 15 is 0 Å². The fourth-order valence-corrected chi connectivity index (χ4v) is 6.35. The molecule has 1 spiro atoms. The molecule has 0 N–H and O–H groups in total. The van der Waals surface area contributed by atoms with E-state index in [0.29, 0.717) is 48.9 Å². The number of benzene rings is 1. The zero-order valence-electron chi connectivity index (χ0n) is 14.4. The molecule has 0 aliphatic carbocycles. The summed E-state index contributed by atoms with van der Waals surface area (Å²) in [5, 5.41) is 0. The maximum atomic E-state index is 13.1. The maximum Gasteiger partial charge on any atom is 0.265 e. The van der Waals surface area contributed by atoms with Gasteiger partial charge in [-0.2, -0.15) is 4.36 Å². The van der Waals surface area contributed by atoms with E-state index in [2.05, 4.69) is 9.35 Å². The molecule has 2 aromatic rings. The minimum absolute atomic E-state index is 0.00968. The molecule has 2 fully saturated rings. The van der Waals surface area contributed by atoms with Crippen LogP contribution in [0, 0.1) is 0 Å². The monoisotopic (exact) mass is 391 g/mol. The Morgan fingerprint density at radius 2 is 2.04 bits per heavy atom. The molecular weight excluding hydrogens is 370 g/mol. The van der Waals surface area contributed by atoms with Crippen LogP contribution < -0.4 is 0 Å². The molecule has 0 radical (unpaired) electrons. The predicted octanol–water partition coefficient (Wildman–Crippen LogP) is 2.95. The summed E-state index contributed by atoms with van der Waals surface area (Å²) in [5.41, 5.74) is 2.04. The fraction of sp³-hybridized carbons (Fsp3) is 0.444. The van der Waals surface area contributed by atoms with Crippen LogP contribution in [-0.4, -0.2) is 56.8 Å². The van der Waals surface area contributed by atoms with Crippen LogP contribution in [0.3, 0.4) is 0 Å². The number of hydrogen-bond acceptors (Lipinski definition) is 6. The van der Waals surface area contributed by atoms with E-state index in [1.54, 1.807) is 11.7 Å². The molecule has 138 valence electrons. The van der Waals surface area contributed by atoms with E-state index in [0.717, 1.165) is 5.69 Å². The van der Waals surface area contributed by atoms with Gasteiger partial charge in [-0.3, -0.25) is 9.78 Å². The van der Waals surface area contributed by atoms with Crippen molar-refractivity contribution >= 4 is 32.7 Å². The molecule has 3 heterocycles. The van der Waals surface area contributed by atoms with Crippen molar-refractivity contribution in [2.45, 2.75) is 18.4 Å².